The number of carbonyl (C=O) groups is 2. The van der Waals surface area contributed by atoms with Crippen molar-refractivity contribution in [3.8, 4) is 0 Å². The first-order valence-corrected chi connectivity index (χ1v) is 4.37. The third-order valence-electron chi connectivity index (χ3n) is 1.71. The van der Waals surface area contributed by atoms with Crippen LogP contribution in [0, 0.1) is 16.0 Å². The van der Waals surface area contributed by atoms with Gasteiger partial charge in [-0.3, -0.25) is 14.9 Å². The first-order valence-electron chi connectivity index (χ1n) is 4.37. The Bertz CT molecular complexity index is 264. The van der Waals surface area contributed by atoms with Crippen molar-refractivity contribution >= 4 is 11.9 Å². The van der Waals surface area contributed by atoms with Crippen molar-refractivity contribution in [2.24, 2.45) is 5.92 Å². The molecule has 0 saturated carbocycles. The molecule has 0 aromatic carbocycles. The second-order valence-electron chi connectivity index (χ2n) is 3.30. The van der Waals surface area contributed by atoms with Crippen LogP contribution in [0.4, 0.5) is 0 Å². The van der Waals surface area contributed by atoms with Gasteiger partial charge in [0.05, 0.1) is 7.11 Å². The number of nitrogens with zero attached hydrogens (tertiary/aromatic N) is 1. The van der Waals surface area contributed by atoms with Crippen molar-refractivity contribution < 1.29 is 19.2 Å². The van der Waals surface area contributed by atoms with E-state index in [-0.39, 0.29) is 5.92 Å². The van der Waals surface area contributed by atoms with Gasteiger partial charge >= 0.3 is 5.97 Å². The maximum atomic E-state index is 11.2. The van der Waals surface area contributed by atoms with Gasteiger partial charge in [0, 0.05) is 4.92 Å². The molecule has 0 radical (unpaired) electrons. The topological polar surface area (TPSA) is 98.5 Å². The lowest BCUT2D eigenvalue weighted by Gasteiger charge is -2.18. The Morgan fingerprint density at radius 2 is 2.00 bits per heavy atom. The maximum absolute atomic E-state index is 11.2. The number of methoxy groups -OCH3 is 1. The van der Waals surface area contributed by atoms with E-state index in [0.29, 0.717) is 0 Å². The van der Waals surface area contributed by atoms with Crippen LogP contribution in [0.3, 0.4) is 0 Å². The zero-order valence-corrected chi connectivity index (χ0v) is 8.85. The van der Waals surface area contributed by atoms with Crippen molar-refractivity contribution in [2.75, 3.05) is 13.7 Å². The molecular formula is C8H14N2O5. The fraction of sp³-hybridized carbons (Fsp3) is 0.750. The summed E-state index contributed by atoms with van der Waals surface area (Å²) in [6.45, 7) is 2.56. The van der Waals surface area contributed by atoms with Crippen LogP contribution in [0.25, 0.3) is 0 Å². The Balaban J connectivity index is 4.35. The summed E-state index contributed by atoms with van der Waals surface area (Å²) in [4.78, 5) is 31.5. The average molecular weight is 218 g/mol. The standard InChI is InChI=1S/C8H14N2O5/c1-5(2)7(8(12)15-3)9-6(11)4-10(13)14/h5,7H,4H2,1-3H3,(H,9,11)/t7-/m0/s1. The van der Waals surface area contributed by atoms with Gasteiger partial charge in [-0.05, 0) is 5.92 Å². The molecule has 0 spiro atoms. The molecule has 0 fully saturated rings. The highest BCUT2D eigenvalue weighted by Gasteiger charge is 2.26. The summed E-state index contributed by atoms with van der Waals surface area (Å²) in [7, 11) is 1.19. The molecule has 0 aliphatic rings. The predicted molar refractivity (Wildman–Crippen MR) is 50.6 cm³/mol. The number of nitro groups is 1. The van der Waals surface area contributed by atoms with E-state index < -0.39 is 29.4 Å². The van der Waals surface area contributed by atoms with Crippen LogP contribution in [0.1, 0.15) is 13.8 Å². The van der Waals surface area contributed by atoms with Gasteiger partial charge in [0.25, 0.3) is 12.5 Å². The molecule has 15 heavy (non-hydrogen) atoms. The van der Waals surface area contributed by atoms with Crippen molar-refractivity contribution in [1.29, 1.82) is 0 Å². The maximum Gasteiger partial charge on any atom is 0.328 e. The average Bonchev–Trinajstić information content (AvgIpc) is 2.11. The molecule has 0 aromatic rings. The molecule has 0 aliphatic carbocycles. The Hall–Kier alpha value is -1.66. The molecule has 1 atom stereocenters. The molecule has 0 aromatic heterocycles. The normalized spacial score (nSPS) is 12.0. The van der Waals surface area contributed by atoms with E-state index in [2.05, 4.69) is 10.1 Å². The van der Waals surface area contributed by atoms with Gasteiger partial charge in [-0.1, -0.05) is 13.8 Å². The summed E-state index contributed by atoms with van der Waals surface area (Å²) in [5, 5.41) is 12.3. The summed E-state index contributed by atoms with van der Waals surface area (Å²) in [5.74, 6) is -1.60. The van der Waals surface area contributed by atoms with E-state index in [1.165, 1.54) is 7.11 Å². The molecule has 0 heterocycles. The van der Waals surface area contributed by atoms with Crippen LogP contribution >= 0.6 is 0 Å². The predicted octanol–water partition coefficient (Wildman–Crippen LogP) is -0.423. The number of hydrogen-bond donors (Lipinski definition) is 1. The van der Waals surface area contributed by atoms with Crippen molar-refractivity contribution in [1.82, 2.24) is 5.32 Å². The zero-order valence-electron chi connectivity index (χ0n) is 8.85. The van der Waals surface area contributed by atoms with E-state index in [1.54, 1.807) is 13.8 Å². The van der Waals surface area contributed by atoms with E-state index in [0.717, 1.165) is 0 Å². The van der Waals surface area contributed by atoms with Crippen LogP contribution in [0.2, 0.25) is 0 Å². The van der Waals surface area contributed by atoms with Gasteiger partial charge in [-0.15, -0.1) is 0 Å². The lowest BCUT2D eigenvalue weighted by molar-refractivity contribution is -0.467. The molecule has 7 nitrogen and oxygen atoms in total. The van der Waals surface area contributed by atoms with E-state index in [1.807, 2.05) is 0 Å². The SMILES string of the molecule is COC(=O)[C@@H](NC(=O)C[N+](=O)[O-])C(C)C. The fourth-order valence-corrected chi connectivity index (χ4v) is 0.961. The quantitative estimate of drug-likeness (QED) is 0.383. The third-order valence-corrected chi connectivity index (χ3v) is 1.71. The summed E-state index contributed by atoms with van der Waals surface area (Å²) in [5.41, 5.74) is 0. The summed E-state index contributed by atoms with van der Waals surface area (Å²) in [6, 6.07) is -0.845. The van der Waals surface area contributed by atoms with Crippen LogP contribution < -0.4 is 5.32 Å². The highest BCUT2D eigenvalue weighted by Crippen LogP contribution is 2.03. The first-order chi connectivity index (χ1) is 6.88. The second-order valence-corrected chi connectivity index (χ2v) is 3.30. The van der Waals surface area contributed by atoms with Crippen LogP contribution in [0.15, 0.2) is 0 Å². The van der Waals surface area contributed by atoms with E-state index in [9.17, 15) is 19.7 Å². The summed E-state index contributed by atoms with van der Waals surface area (Å²) < 4.78 is 4.46. The molecule has 1 N–H and O–H groups in total. The molecule has 0 aliphatic heterocycles. The highest BCUT2D eigenvalue weighted by atomic mass is 16.6. The zero-order chi connectivity index (χ0) is 12.0. The first kappa shape index (κ1) is 13.3. The Kier molecular flexibility index (Phi) is 5.29. The second kappa shape index (κ2) is 5.94. The summed E-state index contributed by atoms with van der Waals surface area (Å²) in [6.07, 6.45) is 0. The van der Waals surface area contributed by atoms with Crippen molar-refractivity contribution in [3.05, 3.63) is 10.1 Å². The Morgan fingerprint density at radius 3 is 2.33 bits per heavy atom. The largest absolute Gasteiger partial charge is 0.467 e. The fourth-order valence-electron chi connectivity index (χ4n) is 0.961. The van der Waals surface area contributed by atoms with Crippen LogP contribution in [-0.4, -0.2) is 36.5 Å². The van der Waals surface area contributed by atoms with E-state index >= 15 is 0 Å². The number of rotatable bonds is 5. The lowest BCUT2D eigenvalue weighted by atomic mass is 10.0. The minimum Gasteiger partial charge on any atom is -0.467 e. The molecule has 0 saturated heterocycles. The van der Waals surface area contributed by atoms with Gasteiger partial charge in [0.15, 0.2) is 0 Å². The Labute approximate surface area is 86.9 Å². The van der Waals surface area contributed by atoms with Gasteiger partial charge in [0.1, 0.15) is 6.04 Å². The molecule has 7 heteroatoms. The molecule has 1 amide bonds. The minimum atomic E-state index is -0.847. The summed E-state index contributed by atoms with van der Waals surface area (Å²) >= 11 is 0. The van der Waals surface area contributed by atoms with Gasteiger partial charge in [-0.25, -0.2) is 4.79 Å². The number of nitrogens with one attached hydrogen (secondary N) is 1. The monoisotopic (exact) mass is 218 g/mol. The number of hydrogen-bond acceptors (Lipinski definition) is 5. The lowest BCUT2D eigenvalue weighted by Crippen LogP contribution is -2.46. The molecule has 0 rings (SSSR count). The highest BCUT2D eigenvalue weighted by molar-refractivity contribution is 5.85. The van der Waals surface area contributed by atoms with Gasteiger partial charge in [0.2, 0.25) is 0 Å². The molecule has 86 valence electrons. The number of esters is 1. The molecule has 0 unspecified atom stereocenters. The van der Waals surface area contributed by atoms with Gasteiger partial charge in [-0.2, -0.15) is 0 Å². The minimum absolute atomic E-state index is 0.187. The smallest absolute Gasteiger partial charge is 0.328 e. The molecular weight excluding hydrogens is 204 g/mol. The number of amides is 1. The van der Waals surface area contributed by atoms with E-state index in [4.69, 9.17) is 0 Å². The van der Waals surface area contributed by atoms with Crippen LogP contribution in [0.5, 0.6) is 0 Å². The number of carbonyl (C=O) groups excluding carboxylic acids is 2. The third kappa shape index (κ3) is 4.94. The van der Waals surface area contributed by atoms with Crippen molar-refractivity contribution in [3.63, 3.8) is 0 Å². The number of ether oxygens (including phenoxy) is 1. The Morgan fingerprint density at radius 1 is 1.47 bits per heavy atom. The molecule has 0 bridgehead atoms. The van der Waals surface area contributed by atoms with Crippen molar-refractivity contribution in [2.45, 2.75) is 19.9 Å². The van der Waals surface area contributed by atoms with Gasteiger partial charge < -0.3 is 10.1 Å². The van der Waals surface area contributed by atoms with Crippen LogP contribution in [-0.2, 0) is 14.3 Å².